The Labute approximate surface area is 113 Å². The van der Waals surface area contributed by atoms with Gasteiger partial charge in [-0.3, -0.25) is 0 Å². The lowest BCUT2D eigenvalue weighted by Crippen LogP contribution is -2.40. The van der Waals surface area contributed by atoms with Crippen molar-refractivity contribution in [3.05, 3.63) is 11.7 Å². The fraction of sp³-hybridized carbons (Fsp3) is 0.846. The molecule has 0 spiro atoms. The van der Waals surface area contributed by atoms with Gasteiger partial charge < -0.3 is 19.7 Å². The van der Waals surface area contributed by atoms with Crippen LogP contribution in [0.15, 0.2) is 4.52 Å². The second kappa shape index (κ2) is 5.98. The summed E-state index contributed by atoms with van der Waals surface area (Å²) in [4.78, 5) is 4.36. The number of hydrogen-bond acceptors (Lipinski definition) is 6. The molecule has 0 aliphatic carbocycles. The Morgan fingerprint density at radius 3 is 2.95 bits per heavy atom. The molecule has 0 saturated carbocycles. The number of hydrogen-bond donors (Lipinski definition) is 1. The van der Waals surface area contributed by atoms with E-state index in [-0.39, 0.29) is 12.2 Å². The summed E-state index contributed by atoms with van der Waals surface area (Å²) in [6.07, 6.45) is 3.13. The summed E-state index contributed by atoms with van der Waals surface area (Å²) in [5.74, 6) is 1.07. The Bertz CT molecular complexity index is 398. The van der Waals surface area contributed by atoms with E-state index in [2.05, 4.69) is 10.1 Å². The zero-order chi connectivity index (χ0) is 13.9. The molecule has 0 radical (unpaired) electrons. The van der Waals surface area contributed by atoms with Crippen LogP contribution in [-0.2, 0) is 21.4 Å². The topological polar surface area (TPSA) is 83.4 Å². The fourth-order valence-electron chi connectivity index (χ4n) is 1.97. The van der Waals surface area contributed by atoms with Gasteiger partial charge in [-0.05, 0) is 33.6 Å². The van der Waals surface area contributed by atoms with Crippen LogP contribution in [0.25, 0.3) is 0 Å². The first kappa shape index (κ1) is 14.4. The molecule has 6 nitrogen and oxygen atoms in total. The zero-order valence-electron chi connectivity index (χ0n) is 11.9. The molecule has 0 aromatic carbocycles. The molecule has 0 amide bonds. The first-order valence-electron chi connectivity index (χ1n) is 6.82. The van der Waals surface area contributed by atoms with Crippen molar-refractivity contribution < 1.29 is 14.0 Å². The standard InChI is InChI=1S/C13H23N3O3/c1-9(2)18-8-13(3,14)12-15-11(19-16-12)7-10-5-4-6-17-10/h9-10H,4-8,14H2,1-3H3. The van der Waals surface area contributed by atoms with Gasteiger partial charge in [-0.2, -0.15) is 4.98 Å². The van der Waals surface area contributed by atoms with E-state index in [1.807, 2.05) is 20.8 Å². The maximum Gasteiger partial charge on any atom is 0.229 e. The van der Waals surface area contributed by atoms with Crippen molar-refractivity contribution in [1.29, 1.82) is 0 Å². The lowest BCUT2D eigenvalue weighted by Gasteiger charge is -2.21. The van der Waals surface area contributed by atoms with Crippen LogP contribution in [-0.4, -0.2) is 35.6 Å². The van der Waals surface area contributed by atoms with Crippen molar-refractivity contribution in [3.63, 3.8) is 0 Å². The van der Waals surface area contributed by atoms with Gasteiger partial charge in [0.05, 0.1) is 25.2 Å². The van der Waals surface area contributed by atoms with Crippen molar-refractivity contribution >= 4 is 0 Å². The number of nitrogens with two attached hydrogens (primary N) is 1. The van der Waals surface area contributed by atoms with E-state index in [9.17, 15) is 0 Å². The van der Waals surface area contributed by atoms with Gasteiger partial charge in [0.25, 0.3) is 0 Å². The summed E-state index contributed by atoms with van der Waals surface area (Å²) >= 11 is 0. The third-order valence-electron chi connectivity index (χ3n) is 3.12. The smallest absolute Gasteiger partial charge is 0.229 e. The highest BCUT2D eigenvalue weighted by atomic mass is 16.5. The molecule has 6 heteroatoms. The van der Waals surface area contributed by atoms with Crippen LogP contribution in [0.1, 0.15) is 45.3 Å². The van der Waals surface area contributed by atoms with Crippen LogP contribution in [0, 0.1) is 0 Å². The van der Waals surface area contributed by atoms with Crippen LogP contribution >= 0.6 is 0 Å². The predicted molar refractivity (Wildman–Crippen MR) is 69.6 cm³/mol. The highest BCUT2D eigenvalue weighted by Gasteiger charge is 2.29. The van der Waals surface area contributed by atoms with E-state index in [4.69, 9.17) is 19.7 Å². The largest absolute Gasteiger partial charge is 0.378 e. The van der Waals surface area contributed by atoms with E-state index in [0.29, 0.717) is 24.7 Å². The quantitative estimate of drug-likeness (QED) is 0.840. The van der Waals surface area contributed by atoms with Crippen molar-refractivity contribution in [2.24, 2.45) is 5.73 Å². The molecule has 2 atom stereocenters. The van der Waals surface area contributed by atoms with E-state index in [1.54, 1.807) is 0 Å². The van der Waals surface area contributed by atoms with Crippen molar-refractivity contribution in [3.8, 4) is 0 Å². The van der Waals surface area contributed by atoms with E-state index >= 15 is 0 Å². The summed E-state index contributed by atoms with van der Waals surface area (Å²) < 4.78 is 16.3. The third kappa shape index (κ3) is 3.99. The maximum absolute atomic E-state index is 6.17. The van der Waals surface area contributed by atoms with Gasteiger partial charge in [0, 0.05) is 6.61 Å². The molecule has 1 fully saturated rings. The van der Waals surface area contributed by atoms with E-state index < -0.39 is 5.54 Å². The van der Waals surface area contributed by atoms with Gasteiger partial charge in [0.2, 0.25) is 5.89 Å². The van der Waals surface area contributed by atoms with Crippen molar-refractivity contribution in [1.82, 2.24) is 10.1 Å². The van der Waals surface area contributed by atoms with Crippen molar-refractivity contribution in [2.45, 2.75) is 57.8 Å². The number of rotatable bonds is 6. The molecule has 108 valence electrons. The van der Waals surface area contributed by atoms with Crippen LogP contribution in [0.3, 0.4) is 0 Å². The van der Waals surface area contributed by atoms with Crippen LogP contribution < -0.4 is 5.73 Å². The van der Waals surface area contributed by atoms with Crippen LogP contribution in [0.4, 0.5) is 0 Å². The van der Waals surface area contributed by atoms with Gasteiger partial charge in [-0.1, -0.05) is 5.16 Å². The monoisotopic (exact) mass is 269 g/mol. The van der Waals surface area contributed by atoms with Gasteiger partial charge in [-0.15, -0.1) is 0 Å². The minimum Gasteiger partial charge on any atom is -0.378 e. The van der Waals surface area contributed by atoms with Gasteiger partial charge in [0.1, 0.15) is 5.54 Å². The average molecular weight is 269 g/mol. The summed E-state index contributed by atoms with van der Waals surface area (Å²) in [5, 5.41) is 3.96. The Balaban J connectivity index is 1.94. The Hall–Kier alpha value is -0.980. The SMILES string of the molecule is CC(C)OCC(C)(N)c1noc(CC2CCCO2)n1. The van der Waals surface area contributed by atoms with E-state index in [1.165, 1.54) is 0 Å². The molecule has 2 rings (SSSR count). The maximum atomic E-state index is 6.17. The van der Waals surface area contributed by atoms with Crippen molar-refractivity contribution in [2.75, 3.05) is 13.2 Å². The Kier molecular flexibility index (Phi) is 4.54. The third-order valence-corrected chi connectivity index (χ3v) is 3.12. The molecule has 19 heavy (non-hydrogen) atoms. The molecule has 2 heterocycles. The first-order chi connectivity index (χ1) is 8.97. The highest BCUT2D eigenvalue weighted by Crippen LogP contribution is 2.19. The van der Waals surface area contributed by atoms with E-state index in [0.717, 1.165) is 19.4 Å². The van der Waals surface area contributed by atoms with Gasteiger partial charge in [-0.25, -0.2) is 0 Å². The summed E-state index contributed by atoms with van der Waals surface area (Å²) in [6.45, 7) is 6.96. The van der Waals surface area contributed by atoms with Gasteiger partial charge in [0.15, 0.2) is 5.82 Å². The molecule has 2 unspecified atom stereocenters. The lowest BCUT2D eigenvalue weighted by molar-refractivity contribution is 0.0410. The Morgan fingerprint density at radius 1 is 1.53 bits per heavy atom. The minimum atomic E-state index is -0.734. The summed E-state index contributed by atoms with van der Waals surface area (Å²) in [6, 6.07) is 0. The molecular formula is C13H23N3O3. The molecule has 2 N–H and O–H groups in total. The summed E-state index contributed by atoms with van der Waals surface area (Å²) in [5.41, 5.74) is 5.43. The Morgan fingerprint density at radius 2 is 2.32 bits per heavy atom. The number of ether oxygens (including phenoxy) is 2. The molecule has 1 aliphatic rings. The molecule has 1 aliphatic heterocycles. The molecule has 0 bridgehead atoms. The molecule has 1 aromatic heterocycles. The number of nitrogens with zero attached hydrogens (tertiary/aromatic N) is 2. The van der Waals surface area contributed by atoms with Crippen LogP contribution in [0.2, 0.25) is 0 Å². The van der Waals surface area contributed by atoms with Crippen LogP contribution in [0.5, 0.6) is 0 Å². The molecular weight excluding hydrogens is 246 g/mol. The second-order valence-corrected chi connectivity index (χ2v) is 5.63. The van der Waals surface area contributed by atoms with Gasteiger partial charge >= 0.3 is 0 Å². The fourth-order valence-corrected chi connectivity index (χ4v) is 1.97. The first-order valence-corrected chi connectivity index (χ1v) is 6.82. The zero-order valence-corrected chi connectivity index (χ0v) is 11.9. The number of aromatic nitrogens is 2. The predicted octanol–water partition coefficient (Wildman–Crippen LogP) is 1.39. The second-order valence-electron chi connectivity index (χ2n) is 5.63. The normalized spacial score (nSPS) is 22.9. The highest BCUT2D eigenvalue weighted by molar-refractivity contribution is 5.02. The average Bonchev–Trinajstić information content (AvgIpc) is 2.98. The lowest BCUT2D eigenvalue weighted by atomic mass is 10.1. The summed E-state index contributed by atoms with van der Waals surface area (Å²) in [7, 11) is 0. The molecule has 1 aromatic rings. The molecule has 1 saturated heterocycles. The minimum absolute atomic E-state index is 0.126.